The highest BCUT2D eigenvalue weighted by Gasteiger charge is 2.31. The van der Waals surface area contributed by atoms with Crippen LogP contribution in [0.2, 0.25) is 0 Å². The normalized spacial score (nSPS) is 14.6. The molecular weight excluding hydrogens is 212 g/mol. The van der Waals surface area contributed by atoms with Crippen molar-refractivity contribution >= 4 is 5.97 Å². The van der Waals surface area contributed by atoms with Crippen LogP contribution in [0.1, 0.15) is 51.2 Å². The van der Waals surface area contributed by atoms with Gasteiger partial charge in [-0.3, -0.25) is 4.79 Å². The summed E-state index contributed by atoms with van der Waals surface area (Å²) in [4.78, 5) is 11.2. The van der Waals surface area contributed by atoms with Crippen LogP contribution < -0.4 is 0 Å². The second kappa shape index (κ2) is 5.35. The monoisotopic (exact) mass is 234 g/mol. The van der Waals surface area contributed by atoms with Crippen molar-refractivity contribution < 1.29 is 9.90 Å². The smallest absolute Gasteiger partial charge is 0.309 e. The molecular formula is C15H22O2. The molecule has 0 fully saturated rings. The Hall–Kier alpha value is -1.31. The molecule has 0 spiro atoms. The van der Waals surface area contributed by atoms with Crippen LogP contribution >= 0.6 is 0 Å². The van der Waals surface area contributed by atoms with Gasteiger partial charge < -0.3 is 5.11 Å². The van der Waals surface area contributed by atoms with Crippen molar-refractivity contribution in [3.05, 3.63) is 35.4 Å². The molecule has 1 aromatic carbocycles. The second-order valence-electron chi connectivity index (χ2n) is 5.29. The fourth-order valence-corrected chi connectivity index (χ4v) is 1.82. The van der Waals surface area contributed by atoms with Crippen molar-refractivity contribution in [1.29, 1.82) is 0 Å². The zero-order valence-corrected chi connectivity index (χ0v) is 11.2. The molecule has 1 atom stereocenters. The van der Waals surface area contributed by atoms with E-state index in [1.165, 1.54) is 5.56 Å². The first kappa shape index (κ1) is 13.8. The minimum Gasteiger partial charge on any atom is -0.481 e. The Bertz CT molecular complexity index is 378. The van der Waals surface area contributed by atoms with Crippen LogP contribution in [0, 0.1) is 5.41 Å². The van der Waals surface area contributed by atoms with Gasteiger partial charge in [0.05, 0.1) is 5.41 Å². The molecule has 0 saturated heterocycles. The van der Waals surface area contributed by atoms with E-state index in [0.717, 1.165) is 5.56 Å². The molecule has 1 rings (SSSR count). The van der Waals surface area contributed by atoms with Gasteiger partial charge in [-0.05, 0) is 36.8 Å². The molecule has 17 heavy (non-hydrogen) atoms. The third kappa shape index (κ3) is 3.32. The summed E-state index contributed by atoms with van der Waals surface area (Å²) in [5, 5.41) is 9.24. The topological polar surface area (TPSA) is 37.3 Å². The average molecular weight is 234 g/mol. The second-order valence-corrected chi connectivity index (χ2v) is 5.29. The highest BCUT2D eigenvalue weighted by molar-refractivity contribution is 5.74. The van der Waals surface area contributed by atoms with Crippen molar-refractivity contribution in [2.24, 2.45) is 5.41 Å². The van der Waals surface area contributed by atoms with E-state index >= 15 is 0 Å². The maximum atomic E-state index is 11.2. The molecule has 0 aliphatic heterocycles. The predicted octanol–water partition coefficient (Wildman–Crippen LogP) is 3.85. The van der Waals surface area contributed by atoms with E-state index in [0.29, 0.717) is 18.8 Å². The molecule has 1 N–H and O–H groups in total. The van der Waals surface area contributed by atoms with Gasteiger partial charge in [0.2, 0.25) is 0 Å². The molecule has 0 radical (unpaired) electrons. The third-order valence-electron chi connectivity index (χ3n) is 3.54. The lowest BCUT2D eigenvalue weighted by Gasteiger charge is -2.23. The Balaban J connectivity index is 2.85. The lowest BCUT2D eigenvalue weighted by atomic mass is 9.81. The van der Waals surface area contributed by atoms with Crippen LogP contribution in [0.15, 0.2) is 24.3 Å². The maximum absolute atomic E-state index is 11.2. The molecule has 0 aromatic heterocycles. The van der Waals surface area contributed by atoms with Gasteiger partial charge in [-0.25, -0.2) is 0 Å². The van der Waals surface area contributed by atoms with Crippen LogP contribution in [0.4, 0.5) is 0 Å². The summed E-state index contributed by atoms with van der Waals surface area (Å²) in [6.45, 7) is 8.05. The number of rotatable bonds is 5. The van der Waals surface area contributed by atoms with Crippen LogP contribution in [0.5, 0.6) is 0 Å². The molecule has 0 aliphatic carbocycles. The Morgan fingerprint density at radius 3 is 2.18 bits per heavy atom. The average Bonchev–Trinajstić information content (AvgIpc) is 2.29. The van der Waals surface area contributed by atoms with Gasteiger partial charge in [-0.1, -0.05) is 45.0 Å². The first-order valence-electron chi connectivity index (χ1n) is 6.21. The SMILES string of the molecule is CCC(C)(Cc1ccc(C(C)C)cc1)C(=O)O. The summed E-state index contributed by atoms with van der Waals surface area (Å²) in [6.07, 6.45) is 1.24. The summed E-state index contributed by atoms with van der Waals surface area (Å²) in [6, 6.07) is 8.29. The van der Waals surface area contributed by atoms with E-state index in [1.54, 1.807) is 0 Å². The fourth-order valence-electron chi connectivity index (χ4n) is 1.82. The summed E-state index contributed by atoms with van der Waals surface area (Å²) >= 11 is 0. The number of carboxylic acid groups (broad SMARTS) is 1. The van der Waals surface area contributed by atoms with Gasteiger partial charge in [0.15, 0.2) is 0 Å². The molecule has 0 saturated carbocycles. The number of hydrogen-bond donors (Lipinski definition) is 1. The van der Waals surface area contributed by atoms with Crippen LogP contribution in [-0.2, 0) is 11.2 Å². The molecule has 0 heterocycles. The molecule has 2 heteroatoms. The van der Waals surface area contributed by atoms with E-state index in [9.17, 15) is 9.90 Å². The number of aliphatic carboxylic acids is 1. The van der Waals surface area contributed by atoms with E-state index in [-0.39, 0.29) is 0 Å². The molecule has 94 valence electrons. The molecule has 1 unspecified atom stereocenters. The Kier molecular flexibility index (Phi) is 4.33. The Labute approximate surface area is 104 Å². The first-order valence-corrected chi connectivity index (χ1v) is 6.21. The van der Waals surface area contributed by atoms with Crippen LogP contribution in [-0.4, -0.2) is 11.1 Å². The highest BCUT2D eigenvalue weighted by atomic mass is 16.4. The number of benzene rings is 1. The van der Waals surface area contributed by atoms with E-state index in [2.05, 4.69) is 26.0 Å². The van der Waals surface area contributed by atoms with Crippen molar-refractivity contribution in [3.8, 4) is 0 Å². The van der Waals surface area contributed by atoms with Crippen molar-refractivity contribution in [2.75, 3.05) is 0 Å². The minimum atomic E-state index is -0.715. The first-order chi connectivity index (χ1) is 7.89. The number of carbonyl (C=O) groups is 1. The van der Waals surface area contributed by atoms with Crippen LogP contribution in [0.25, 0.3) is 0 Å². The summed E-state index contributed by atoms with van der Waals surface area (Å²) in [5.74, 6) is -0.200. The lowest BCUT2D eigenvalue weighted by Crippen LogP contribution is -2.29. The molecule has 0 bridgehead atoms. The minimum absolute atomic E-state index is 0.515. The summed E-state index contributed by atoms with van der Waals surface area (Å²) in [7, 11) is 0. The Morgan fingerprint density at radius 2 is 1.82 bits per heavy atom. The zero-order chi connectivity index (χ0) is 13.1. The third-order valence-corrected chi connectivity index (χ3v) is 3.54. The van der Waals surface area contributed by atoms with E-state index < -0.39 is 11.4 Å². The molecule has 1 aromatic rings. The number of hydrogen-bond acceptors (Lipinski definition) is 1. The quantitative estimate of drug-likeness (QED) is 0.840. The van der Waals surface area contributed by atoms with Crippen molar-refractivity contribution in [3.63, 3.8) is 0 Å². The lowest BCUT2D eigenvalue weighted by molar-refractivity contribution is -0.148. The molecule has 0 amide bonds. The van der Waals surface area contributed by atoms with Gasteiger partial charge in [0.25, 0.3) is 0 Å². The fraction of sp³-hybridized carbons (Fsp3) is 0.533. The maximum Gasteiger partial charge on any atom is 0.309 e. The molecule has 0 aliphatic rings. The van der Waals surface area contributed by atoms with E-state index in [1.807, 2.05) is 26.0 Å². The van der Waals surface area contributed by atoms with Gasteiger partial charge in [-0.2, -0.15) is 0 Å². The highest BCUT2D eigenvalue weighted by Crippen LogP contribution is 2.27. The van der Waals surface area contributed by atoms with Gasteiger partial charge in [0, 0.05) is 0 Å². The predicted molar refractivity (Wildman–Crippen MR) is 70.3 cm³/mol. The van der Waals surface area contributed by atoms with Gasteiger partial charge in [-0.15, -0.1) is 0 Å². The van der Waals surface area contributed by atoms with Gasteiger partial charge in [0.1, 0.15) is 0 Å². The van der Waals surface area contributed by atoms with Gasteiger partial charge >= 0.3 is 5.97 Å². The Morgan fingerprint density at radius 1 is 1.29 bits per heavy atom. The van der Waals surface area contributed by atoms with E-state index in [4.69, 9.17) is 0 Å². The van der Waals surface area contributed by atoms with Crippen molar-refractivity contribution in [2.45, 2.75) is 46.5 Å². The molecule has 2 nitrogen and oxygen atoms in total. The van der Waals surface area contributed by atoms with Crippen LogP contribution in [0.3, 0.4) is 0 Å². The largest absolute Gasteiger partial charge is 0.481 e. The van der Waals surface area contributed by atoms with Crippen molar-refractivity contribution in [1.82, 2.24) is 0 Å². The zero-order valence-electron chi connectivity index (χ0n) is 11.2. The number of carboxylic acids is 1. The standard InChI is InChI=1S/C15H22O2/c1-5-15(4,14(16)17)10-12-6-8-13(9-7-12)11(2)3/h6-9,11H,5,10H2,1-4H3,(H,16,17). The summed E-state index contributed by atoms with van der Waals surface area (Å²) < 4.78 is 0. The summed E-state index contributed by atoms with van der Waals surface area (Å²) in [5.41, 5.74) is 1.74.